The van der Waals surface area contributed by atoms with Crippen LogP contribution in [0.5, 0.6) is 0 Å². The SMILES string of the molecule is Nc1ccc(-c2cccs2)cc1CO. The summed E-state index contributed by atoms with van der Waals surface area (Å²) in [5.74, 6) is 0. The maximum Gasteiger partial charge on any atom is 0.0702 e. The van der Waals surface area contributed by atoms with Crippen LogP contribution in [0.3, 0.4) is 0 Å². The summed E-state index contributed by atoms with van der Waals surface area (Å²) in [6, 6.07) is 9.80. The highest BCUT2D eigenvalue weighted by Gasteiger charge is 2.02. The van der Waals surface area contributed by atoms with E-state index in [2.05, 4.69) is 6.07 Å². The van der Waals surface area contributed by atoms with E-state index in [4.69, 9.17) is 10.8 Å². The van der Waals surface area contributed by atoms with E-state index < -0.39 is 0 Å². The first-order valence-electron chi connectivity index (χ1n) is 4.34. The van der Waals surface area contributed by atoms with Crippen molar-refractivity contribution in [3.8, 4) is 10.4 Å². The minimum atomic E-state index is -0.00888. The molecule has 0 saturated carbocycles. The second-order valence-corrected chi connectivity index (χ2v) is 4.00. The molecular formula is C11H11NOS. The van der Waals surface area contributed by atoms with Crippen molar-refractivity contribution in [1.29, 1.82) is 0 Å². The van der Waals surface area contributed by atoms with Crippen molar-refractivity contribution in [3.63, 3.8) is 0 Å². The molecule has 3 N–H and O–H groups in total. The van der Waals surface area contributed by atoms with E-state index in [0.29, 0.717) is 5.69 Å². The van der Waals surface area contributed by atoms with Gasteiger partial charge in [-0.25, -0.2) is 0 Å². The van der Waals surface area contributed by atoms with Gasteiger partial charge in [0, 0.05) is 16.1 Å². The van der Waals surface area contributed by atoms with Crippen molar-refractivity contribution in [2.75, 3.05) is 5.73 Å². The Kier molecular flexibility index (Phi) is 2.52. The Morgan fingerprint density at radius 2 is 2.14 bits per heavy atom. The Bertz CT molecular complexity index is 423. The van der Waals surface area contributed by atoms with Crippen LogP contribution in [0.2, 0.25) is 0 Å². The van der Waals surface area contributed by atoms with Gasteiger partial charge in [0.2, 0.25) is 0 Å². The number of nitrogen functional groups attached to an aromatic ring is 1. The fraction of sp³-hybridized carbons (Fsp3) is 0.0909. The number of hydrogen-bond donors (Lipinski definition) is 2. The minimum absolute atomic E-state index is 0.00888. The van der Waals surface area contributed by atoms with Crippen molar-refractivity contribution >= 4 is 17.0 Å². The zero-order valence-electron chi connectivity index (χ0n) is 7.60. The second kappa shape index (κ2) is 3.82. The number of benzene rings is 1. The molecule has 0 unspecified atom stereocenters. The molecule has 2 rings (SSSR count). The molecule has 0 aliphatic heterocycles. The second-order valence-electron chi connectivity index (χ2n) is 3.05. The molecule has 0 atom stereocenters. The standard InChI is InChI=1S/C11H11NOS/c12-10-4-3-8(6-9(10)7-13)11-2-1-5-14-11/h1-6,13H,7,12H2. The van der Waals surface area contributed by atoms with Crippen LogP contribution in [-0.2, 0) is 6.61 Å². The molecule has 72 valence electrons. The van der Waals surface area contributed by atoms with Crippen molar-refractivity contribution in [3.05, 3.63) is 41.3 Å². The molecule has 0 saturated heterocycles. The van der Waals surface area contributed by atoms with E-state index in [9.17, 15) is 0 Å². The number of thiophene rings is 1. The maximum absolute atomic E-state index is 9.06. The summed E-state index contributed by atoms with van der Waals surface area (Å²) in [7, 11) is 0. The fourth-order valence-corrected chi connectivity index (χ4v) is 2.06. The van der Waals surface area contributed by atoms with Crippen molar-refractivity contribution in [2.24, 2.45) is 0 Å². The van der Waals surface area contributed by atoms with E-state index in [1.54, 1.807) is 11.3 Å². The highest BCUT2D eigenvalue weighted by molar-refractivity contribution is 7.13. The van der Waals surface area contributed by atoms with E-state index in [0.717, 1.165) is 11.1 Å². The van der Waals surface area contributed by atoms with Crippen molar-refractivity contribution < 1.29 is 5.11 Å². The summed E-state index contributed by atoms with van der Waals surface area (Å²) < 4.78 is 0. The fourth-order valence-electron chi connectivity index (χ4n) is 1.34. The molecule has 14 heavy (non-hydrogen) atoms. The number of rotatable bonds is 2. The lowest BCUT2D eigenvalue weighted by Gasteiger charge is -2.04. The van der Waals surface area contributed by atoms with Crippen LogP contribution >= 0.6 is 11.3 Å². The lowest BCUT2D eigenvalue weighted by Crippen LogP contribution is -1.93. The van der Waals surface area contributed by atoms with E-state index in [-0.39, 0.29) is 6.61 Å². The van der Waals surface area contributed by atoms with Gasteiger partial charge in [0.25, 0.3) is 0 Å². The number of anilines is 1. The van der Waals surface area contributed by atoms with Crippen LogP contribution in [-0.4, -0.2) is 5.11 Å². The molecule has 1 heterocycles. The Balaban J connectivity index is 2.46. The number of hydrogen-bond acceptors (Lipinski definition) is 3. The highest BCUT2D eigenvalue weighted by atomic mass is 32.1. The molecule has 1 aromatic heterocycles. The van der Waals surface area contributed by atoms with Gasteiger partial charge in [0.15, 0.2) is 0 Å². The number of aliphatic hydroxyl groups is 1. The molecule has 0 radical (unpaired) electrons. The lowest BCUT2D eigenvalue weighted by atomic mass is 10.1. The molecular weight excluding hydrogens is 194 g/mol. The van der Waals surface area contributed by atoms with Gasteiger partial charge in [-0.05, 0) is 29.1 Å². The van der Waals surface area contributed by atoms with Gasteiger partial charge in [-0.2, -0.15) is 0 Å². The third-order valence-electron chi connectivity index (χ3n) is 2.12. The molecule has 2 aromatic rings. The first-order valence-corrected chi connectivity index (χ1v) is 5.22. The smallest absolute Gasteiger partial charge is 0.0702 e. The Morgan fingerprint density at radius 1 is 1.29 bits per heavy atom. The van der Waals surface area contributed by atoms with Crippen LogP contribution in [0.1, 0.15) is 5.56 Å². The summed E-state index contributed by atoms with van der Waals surface area (Å²) in [5.41, 5.74) is 8.24. The Hall–Kier alpha value is -1.32. The van der Waals surface area contributed by atoms with Crippen LogP contribution in [0.4, 0.5) is 5.69 Å². The lowest BCUT2D eigenvalue weighted by molar-refractivity contribution is 0.282. The molecule has 0 fully saturated rings. The van der Waals surface area contributed by atoms with Gasteiger partial charge in [-0.15, -0.1) is 11.3 Å². The predicted octanol–water partition coefficient (Wildman–Crippen LogP) is 2.49. The van der Waals surface area contributed by atoms with E-state index in [1.165, 1.54) is 4.88 Å². The van der Waals surface area contributed by atoms with Crippen LogP contribution in [0.25, 0.3) is 10.4 Å². The highest BCUT2D eigenvalue weighted by Crippen LogP contribution is 2.27. The molecule has 0 bridgehead atoms. The molecule has 1 aromatic carbocycles. The normalized spacial score (nSPS) is 10.4. The summed E-state index contributed by atoms with van der Waals surface area (Å²) in [6.45, 7) is -0.00888. The van der Waals surface area contributed by atoms with Crippen LogP contribution in [0, 0.1) is 0 Å². The molecule has 0 spiro atoms. The quantitative estimate of drug-likeness (QED) is 0.740. The Morgan fingerprint density at radius 3 is 2.79 bits per heavy atom. The maximum atomic E-state index is 9.06. The molecule has 0 aliphatic rings. The van der Waals surface area contributed by atoms with Crippen LogP contribution < -0.4 is 5.73 Å². The zero-order valence-corrected chi connectivity index (χ0v) is 8.42. The number of nitrogens with two attached hydrogens (primary N) is 1. The molecule has 0 aliphatic carbocycles. The topological polar surface area (TPSA) is 46.2 Å². The van der Waals surface area contributed by atoms with Gasteiger partial charge in [-0.1, -0.05) is 12.1 Å². The van der Waals surface area contributed by atoms with Gasteiger partial charge in [-0.3, -0.25) is 0 Å². The summed E-state index contributed by atoms with van der Waals surface area (Å²) >= 11 is 1.68. The summed E-state index contributed by atoms with van der Waals surface area (Å²) in [6.07, 6.45) is 0. The average molecular weight is 205 g/mol. The van der Waals surface area contributed by atoms with Crippen LogP contribution in [0.15, 0.2) is 35.7 Å². The Labute approximate surface area is 86.6 Å². The summed E-state index contributed by atoms with van der Waals surface area (Å²) in [4.78, 5) is 1.19. The first-order chi connectivity index (χ1) is 6.81. The first kappa shape index (κ1) is 9.24. The zero-order chi connectivity index (χ0) is 9.97. The number of aliphatic hydroxyl groups excluding tert-OH is 1. The van der Waals surface area contributed by atoms with Gasteiger partial charge < -0.3 is 10.8 Å². The van der Waals surface area contributed by atoms with Crippen molar-refractivity contribution in [1.82, 2.24) is 0 Å². The van der Waals surface area contributed by atoms with Gasteiger partial charge >= 0.3 is 0 Å². The average Bonchev–Trinajstić information content (AvgIpc) is 2.71. The third-order valence-corrected chi connectivity index (χ3v) is 3.04. The van der Waals surface area contributed by atoms with E-state index in [1.807, 2.05) is 29.6 Å². The van der Waals surface area contributed by atoms with Gasteiger partial charge in [0.1, 0.15) is 0 Å². The predicted molar refractivity (Wildman–Crippen MR) is 60.1 cm³/mol. The monoisotopic (exact) mass is 205 g/mol. The molecule has 3 heteroatoms. The largest absolute Gasteiger partial charge is 0.398 e. The summed E-state index contributed by atoms with van der Waals surface area (Å²) in [5, 5.41) is 11.1. The van der Waals surface area contributed by atoms with E-state index >= 15 is 0 Å². The molecule has 0 amide bonds. The molecule has 2 nitrogen and oxygen atoms in total. The van der Waals surface area contributed by atoms with Crippen molar-refractivity contribution in [2.45, 2.75) is 6.61 Å². The minimum Gasteiger partial charge on any atom is -0.398 e. The third kappa shape index (κ3) is 1.64. The van der Waals surface area contributed by atoms with Gasteiger partial charge in [0.05, 0.1) is 6.61 Å².